The van der Waals surface area contributed by atoms with Crippen molar-refractivity contribution in [1.82, 2.24) is 10.2 Å². The molecule has 1 rings (SSSR count). The Bertz CT molecular complexity index is 292. The molecule has 1 unspecified atom stereocenters. The molecule has 5 nitrogen and oxygen atoms in total. The van der Waals surface area contributed by atoms with Gasteiger partial charge in [-0.15, -0.1) is 0 Å². The summed E-state index contributed by atoms with van der Waals surface area (Å²) >= 11 is 0. The molecule has 0 radical (unpaired) electrons. The van der Waals surface area contributed by atoms with Gasteiger partial charge in [-0.3, -0.25) is 4.79 Å². The fourth-order valence-corrected chi connectivity index (χ4v) is 2.22. The second kappa shape index (κ2) is 7.36. The van der Waals surface area contributed by atoms with Crippen LogP contribution in [0.5, 0.6) is 0 Å². The van der Waals surface area contributed by atoms with Crippen molar-refractivity contribution >= 4 is 11.9 Å². The van der Waals surface area contributed by atoms with Crippen LogP contribution in [-0.2, 0) is 14.3 Å². The van der Waals surface area contributed by atoms with Crippen molar-refractivity contribution in [2.45, 2.75) is 51.6 Å². The second-order valence-corrected chi connectivity index (χ2v) is 4.98. The number of hydrogen-bond acceptors (Lipinski definition) is 4. The molecule has 0 aromatic rings. The van der Waals surface area contributed by atoms with Crippen LogP contribution in [-0.4, -0.2) is 49.1 Å². The van der Waals surface area contributed by atoms with E-state index >= 15 is 0 Å². The minimum Gasteiger partial charge on any atom is -0.467 e. The van der Waals surface area contributed by atoms with Crippen molar-refractivity contribution < 1.29 is 14.3 Å². The van der Waals surface area contributed by atoms with Crippen molar-refractivity contribution in [3.8, 4) is 0 Å². The van der Waals surface area contributed by atoms with Gasteiger partial charge >= 0.3 is 5.97 Å². The third kappa shape index (κ3) is 4.29. The first-order valence-electron chi connectivity index (χ1n) is 6.67. The molecule has 0 spiro atoms. The van der Waals surface area contributed by atoms with Crippen LogP contribution < -0.4 is 5.32 Å². The lowest BCUT2D eigenvalue weighted by atomic mass is 10.0. The average molecular weight is 256 g/mol. The number of carbonyl (C=O) groups is 2. The number of ether oxygens (including phenoxy) is 1. The zero-order chi connectivity index (χ0) is 13.5. The van der Waals surface area contributed by atoms with Gasteiger partial charge < -0.3 is 15.0 Å². The lowest BCUT2D eigenvalue weighted by Gasteiger charge is -2.33. The summed E-state index contributed by atoms with van der Waals surface area (Å²) in [7, 11) is 1.37. The Kier molecular flexibility index (Phi) is 6.12. The van der Waals surface area contributed by atoms with Crippen molar-refractivity contribution in [3.05, 3.63) is 0 Å². The maximum atomic E-state index is 12.1. The summed E-state index contributed by atoms with van der Waals surface area (Å²) in [6, 6.07) is -0.00846. The van der Waals surface area contributed by atoms with E-state index in [1.165, 1.54) is 7.11 Å². The molecule has 1 fully saturated rings. The van der Waals surface area contributed by atoms with Gasteiger partial charge in [-0.2, -0.15) is 0 Å². The van der Waals surface area contributed by atoms with E-state index in [9.17, 15) is 9.59 Å². The molecular weight excluding hydrogens is 232 g/mol. The molecule has 104 valence electrons. The quantitative estimate of drug-likeness (QED) is 0.743. The monoisotopic (exact) mass is 256 g/mol. The summed E-state index contributed by atoms with van der Waals surface area (Å²) in [5.74, 6) is -0.252. The van der Waals surface area contributed by atoms with E-state index in [1.54, 1.807) is 4.90 Å². The average Bonchev–Trinajstić information content (AvgIpc) is 2.37. The Morgan fingerprint density at radius 3 is 2.72 bits per heavy atom. The van der Waals surface area contributed by atoms with Gasteiger partial charge in [0.25, 0.3) is 0 Å². The van der Waals surface area contributed by atoms with Gasteiger partial charge in [0.2, 0.25) is 5.91 Å². The van der Waals surface area contributed by atoms with Crippen LogP contribution in [0, 0.1) is 0 Å². The van der Waals surface area contributed by atoms with E-state index in [1.807, 2.05) is 13.8 Å². The molecule has 18 heavy (non-hydrogen) atoms. The van der Waals surface area contributed by atoms with E-state index in [4.69, 9.17) is 4.74 Å². The summed E-state index contributed by atoms with van der Waals surface area (Å²) in [6.45, 7) is 5.41. The largest absolute Gasteiger partial charge is 0.467 e. The van der Waals surface area contributed by atoms with Gasteiger partial charge in [0.1, 0.15) is 6.04 Å². The van der Waals surface area contributed by atoms with Crippen molar-refractivity contribution in [2.24, 2.45) is 0 Å². The number of amides is 1. The lowest BCUT2D eigenvalue weighted by molar-refractivity contribution is -0.154. The van der Waals surface area contributed by atoms with Gasteiger partial charge in [-0.1, -0.05) is 13.8 Å². The molecule has 1 aliphatic heterocycles. The third-order valence-corrected chi connectivity index (χ3v) is 3.19. The Morgan fingerprint density at radius 1 is 1.39 bits per heavy atom. The first-order chi connectivity index (χ1) is 8.56. The molecule has 1 amide bonds. The fourth-order valence-electron chi connectivity index (χ4n) is 2.22. The normalized spacial score (nSPS) is 20.0. The minimum absolute atomic E-state index is 0.0400. The van der Waals surface area contributed by atoms with E-state index < -0.39 is 0 Å². The fraction of sp³-hybridized carbons (Fsp3) is 0.846. The summed E-state index contributed by atoms with van der Waals surface area (Å²) < 4.78 is 4.76. The Balaban J connectivity index is 2.49. The molecule has 1 atom stereocenters. The summed E-state index contributed by atoms with van der Waals surface area (Å²) in [4.78, 5) is 25.4. The molecule has 5 heteroatoms. The molecule has 1 saturated heterocycles. The van der Waals surface area contributed by atoms with Gasteiger partial charge in [0.15, 0.2) is 0 Å². The van der Waals surface area contributed by atoms with Gasteiger partial charge in [-0.25, -0.2) is 4.79 Å². The van der Waals surface area contributed by atoms with Crippen LogP contribution in [0.4, 0.5) is 0 Å². The number of nitrogens with zero attached hydrogens (tertiary/aromatic N) is 1. The summed E-state index contributed by atoms with van der Waals surface area (Å²) in [5.41, 5.74) is 0. The number of esters is 1. The Hall–Kier alpha value is -1.10. The van der Waals surface area contributed by atoms with Crippen LogP contribution >= 0.6 is 0 Å². The number of hydrogen-bond donors (Lipinski definition) is 1. The molecular formula is C13H24N2O3. The van der Waals surface area contributed by atoms with Crippen molar-refractivity contribution in [3.63, 3.8) is 0 Å². The van der Waals surface area contributed by atoms with Gasteiger partial charge in [-0.05, 0) is 19.3 Å². The Labute approximate surface area is 109 Å². The van der Waals surface area contributed by atoms with E-state index in [-0.39, 0.29) is 17.9 Å². The minimum atomic E-state index is -0.379. The molecule has 1 N–H and O–H groups in total. The summed E-state index contributed by atoms with van der Waals surface area (Å²) in [5, 5.41) is 3.21. The van der Waals surface area contributed by atoms with Crippen LogP contribution in [0.1, 0.15) is 39.5 Å². The maximum Gasteiger partial charge on any atom is 0.328 e. The van der Waals surface area contributed by atoms with E-state index in [2.05, 4.69) is 5.32 Å². The summed E-state index contributed by atoms with van der Waals surface area (Å²) in [6.07, 6.45) is 3.10. The SMILES string of the molecule is COC(=O)C1CCCCN1C(=O)CCNC(C)C. The Morgan fingerprint density at radius 2 is 2.11 bits per heavy atom. The number of likely N-dealkylation sites (tertiary alicyclic amines) is 1. The van der Waals surface area contributed by atoms with Crippen LogP contribution in [0.2, 0.25) is 0 Å². The van der Waals surface area contributed by atoms with Gasteiger partial charge in [0.05, 0.1) is 7.11 Å². The number of nitrogens with one attached hydrogen (secondary N) is 1. The highest BCUT2D eigenvalue weighted by Gasteiger charge is 2.32. The second-order valence-electron chi connectivity index (χ2n) is 4.98. The molecule has 1 aliphatic rings. The first-order valence-corrected chi connectivity index (χ1v) is 6.67. The maximum absolute atomic E-state index is 12.1. The third-order valence-electron chi connectivity index (χ3n) is 3.19. The molecule has 0 aromatic carbocycles. The molecule has 0 aliphatic carbocycles. The molecule has 1 heterocycles. The van der Waals surface area contributed by atoms with Gasteiger partial charge in [0, 0.05) is 25.6 Å². The predicted octanol–water partition coefficient (Wildman–Crippen LogP) is 0.929. The van der Waals surface area contributed by atoms with E-state index in [0.717, 1.165) is 19.3 Å². The van der Waals surface area contributed by atoms with Crippen LogP contribution in [0.3, 0.4) is 0 Å². The number of rotatable bonds is 5. The zero-order valence-corrected chi connectivity index (χ0v) is 11.6. The standard InChI is InChI=1S/C13H24N2O3/c1-10(2)14-8-7-12(16)15-9-5-4-6-11(15)13(17)18-3/h10-11,14H,4-9H2,1-3H3. The van der Waals surface area contributed by atoms with E-state index in [0.29, 0.717) is 25.6 Å². The molecule has 0 saturated carbocycles. The number of methoxy groups -OCH3 is 1. The van der Waals surface area contributed by atoms with Crippen LogP contribution in [0.25, 0.3) is 0 Å². The van der Waals surface area contributed by atoms with Crippen LogP contribution in [0.15, 0.2) is 0 Å². The molecule has 0 aromatic heterocycles. The highest BCUT2D eigenvalue weighted by molar-refractivity contribution is 5.84. The highest BCUT2D eigenvalue weighted by atomic mass is 16.5. The number of piperidine rings is 1. The van der Waals surface area contributed by atoms with Crippen molar-refractivity contribution in [1.29, 1.82) is 0 Å². The van der Waals surface area contributed by atoms with Crippen molar-refractivity contribution in [2.75, 3.05) is 20.2 Å². The topological polar surface area (TPSA) is 58.6 Å². The smallest absolute Gasteiger partial charge is 0.328 e. The first kappa shape index (κ1) is 15.0. The zero-order valence-electron chi connectivity index (χ0n) is 11.6. The molecule has 0 bridgehead atoms. The highest BCUT2D eigenvalue weighted by Crippen LogP contribution is 2.18. The number of carbonyl (C=O) groups excluding carboxylic acids is 2. The lowest BCUT2D eigenvalue weighted by Crippen LogP contribution is -2.49. The predicted molar refractivity (Wildman–Crippen MR) is 69.1 cm³/mol.